The molecule has 1 aromatic rings. The van der Waals surface area contributed by atoms with Crippen LogP contribution in [0.2, 0.25) is 0 Å². The van der Waals surface area contributed by atoms with Gasteiger partial charge in [0, 0.05) is 18.9 Å². The van der Waals surface area contributed by atoms with Crippen LogP contribution in [0.5, 0.6) is 0 Å². The van der Waals surface area contributed by atoms with Gasteiger partial charge in [0.2, 0.25) is 5.89 Å². The maximum atomic E-state index is 13.0. The van der Waals surface area contributed by atoms with Crippen LogP contribution in [-0.4, -0.2) is 35.8 Å². The van der Waals surface area contributed by atoms with Crippen molar-refractivity contribution in [1.82, 2.24) is 15.5 Å². The zero-order chi connectivity index (χ0) is 11.9. The van der Waals surface area contributed by atoms with Gasteiger partial charge in [-0.2, -0.15) is 4.98 Å². The predicted octanol–water partition coefficient (Wildman–Crippen LogP) is 1.67. The summed E-state index contributed by atoms with van der Waals surface area (Å²) in [5.41, 5.74) is 0. The first kappa shape index (κ1) is 13.6. The standard InChI is InChI=1S/C10H13F2N3O2.ClH/c11-10(12)3-7(13-5-10)9-14-8(15-17-9)6-1-2-16-4-6;/h6-7,13H,1-5H2;1H. The average Bonchev–Trinajstić information content (AvgIpc) is 2.93. The smallest absolute Gasteiger partial charge is 0.262 e. The van der Waals surface area contributed by atoms with E-state index in [1.54, 1.807) is 0 Å². The molecule has 0 saturated carbocycles. The molecule has 2 fully saturated rings. The van der Waals surface area contributed by atoms with E-state index in [-0.39, 0.29) is 37.2 Å². The monoisotopic (exact) mass is 281 g/mol. The van der Waals surface area contributed by atoms with Crippen molar-refractivity contribution in [3.63, 3.8) is 0 Å². The van der Waals surface area contributed by atoms with Crippen molar-refractivity contribution in [2.24, 2.45) is 0 Å². The lowest BCUT2D eigenvalue weighted by Gasteiger charge is -2.04. The van der Waals surface area contributed by atoms with Gasteiger partial charge in [0.15, 0.2) is 5.82 Å². The summed E-state index contributed by atoms with van der Waals surface area (Å²) in [5.74, 6) is -1.73. The lowest BCUT2D eigenvalue weighted by molar-refractivity contribution is 0.0200. The van der Waals surface area contributed by atoms with Gasteiger partial charge in [0.05, 0.1) is 19.2 Å². The van der Waals surface area contributed by atoms with Crippen molar-refractivity contribution >= 4 is 12.4 Å². The summed E-state index contributed by atoms with van der Waals surface area (Å²) in [5, 5.41) is 6.53. The van der Waals surface area contributed by atoms with Gasteiger partial charge in [0.1, 0.15) is 0 Å². The number of nitrogens with zero attached hydrogens (tertiary/aromatic N) is 2. The van der Waals surface area contributed by atoms with Gasteiger partial charge in [0.25, 0.3) is 5.92 Å². The fourth-order valence-electron chi connectivity index (χ4n) is 2.18. The predicted molar refractivity (Wildman–Crippen MR) is 60.0 cm³/mol. The lowest BCUT2D eigenvalue weighted by atomic mass is 10.1. The highest BCUT2D eigenvalue weighted by atomic mass is 35.5. The van der Waals surface area contributed by atoms with E-state index in [4.69, 9.17) is 9.26 Å². The number of nitrogens with one attached hydrogen (secondary N) is 1. The summed E-state index contributed by atoms with van der Waals surface area (Å²) in [6.45, 7) is 0.934. The number of halogens is 3. The molecule has 2 aliphatic heterocycles. The van der Waals surface area contributed by atoms with Crippen molar-refractivity contribution in [2.45, 2.75) is 30.7 Å². The lowest BCUT2D eigenvalue weighted by Crippen LogP contribution is -2.19. The fraction of sp³-hybridized carbons (Fsp3) is 0.800. The molecule has 2 aliphatic rings. The first-order valence-corrected chi connectivity index (χ1v) is 5.66. The maximum absolute atomic E-state index is 13.0. The second kappa shape index (κ2) is 5.07. The minimum atomic E-state index is -2.68. The first-order chi connectivity index (χ1) is 8.14. The highest BCUT2D eigenvalue weighted by Crippen LogP contribution is 2.34. The van der Waals surface area contributed by atoms with Crippen LogP contribution in [0.1, 0.15) is 36.5 Å². The molecule has 0 aliphatic carbocycles. The molecule has 3 heterocycles. The Balaban J connectivity index is 0.00000120. The van der Waals surface area contributed by atoms with E-state index in [9.17, 15) is 8.78 Å². The van der Waals surface area contributed by atoms with E-state index in [1.807, 2.05) is 0 Å². The van der Waals surface area contributed by atoms with Gasteiger partial charge < -0.3 is 9.26 Å². The van der Waals surface area contributed by atoms with Gasteiger partial charge in [-0.3, -0.25) is 5.32 Å². The van der Waals surface area contributed by atoms with Crippen LogP contribution in [0, 0.1) is 0 Å². The molecule has 3 rings (SSSR count). The van der Waals surface area contributed by atoms with Crippen LogP contribution in [0.15, 0.2) is 4.52 Å². The molecule has 2 unspecified atom stereocenters. The van der Waals surface area contributed by atoms with Crippen molar-refractivity contribution in [2.75, 3.05) is 19.8 Å². The summed E-state index contributed by atoms with van der Waals surface area (Å²) in [6, 6.07) is -0.534. The minimum Gasteiger partial charge on any atom is -0.381 e. The Labute approximate surface area is 109 Å². The van der Waals surface area contributed by atoms with E-state index >= 15 is 0 Å². The van der Waals surface area contributed by atoms with Crippen LogP contribution < -0.4 is 5.32 Å². The maximum Gasteiger partial charge on any atom is 0.262 e. The zero-order valence-electron chi connectivity index (χ0n) is 9.57. The molecule has 0 spiro atoms. The van der Waals surface area contributed by atoms with Crippen LogP contribution in [0.3, 0.4) is 0 Å². The topological polar surface area (TPSA) is 60.2 Å². The van der Waals surface area contributed by atoms with Gasteiger partial charge >= 0.3 is 0 Å². The molecule has 102 valence electrons. The molecule has 1 N–H and O–H groups in total. The molecule has 0 amide bonds. The summed E-state index contributed by atoms with van der Waals surface area (Å²) in [7, 11) is 0. The summed E-state index contributed by atoms with van der Waals surface area (Å²) in [4.78, 5) is 4.19. The SMILES string of the molecule is Cl.FC1(F)CNC(c2nc(C3CCOC3)no2)C1. The molecule has 0 aromatic carbocycles. The van der Waals surface area contributed by atoms with Gasteiger partial charge in [-0.25, -0.2) is 8.78 Å². The summed E-state index contributed by atoms with van der Waals surface area (Å²) >= 11 is 0. The summed E-state index contributed by atoms with van der Waals surface area (Å²) < 4.78 is 36.3. The zero-order valence-corrected chi connectivity index (χ0v) is 10.4. The highest BCUT2D eigenvalue weighted by Gasteiger charge is 2.42. The van der Waals surface area contributed by atoms with E-state index in [1.165, 1.54) is 0 Å². The third-order valence-corrected chi connectivity index (χ3v) is 3.16. The fourth-order valence-corrected chi connectivity index (χ4v) is 2.18. The second-order valence-electron chi connectivity index (χ2n) is 4.54. The van der Waals surface area contributed by atoms with Crippen LogP contribution in [-0.2, 0) is 4.74 Å². The Morgan fingerprint density at radius 3 is 2.83 bits per heavy atom. The number of rotatable bonds is 2. The van der Waals surface area contributed by atoms with E-state index in [0.717, 1.165) is 6.42 Å². The molecular formula is C10H14ClF2N3O2. The molecule has 1 aromatic heterocycles. The van der Waals surface area contributed by atoms with Gasteiger partial charge in [-0.15, -0.1) is 12.4 Å². The highest BCUT2D eigenvalue weighted by molar-refractivity contribution is 5.85. The van der Waals surface area contributed by atoms with Crippen LogP contribution >= 0.6 is 12.4 Å². The van der Waals surface area contributed by atoms with Gasteiger partial charge in [-0.05, 0) is 6.42 Å². The van der Waals surface area contributed by atoms with Crippen molar-refractivity contribution in [1.29, 1.82) is 0 Å². The van der Waals surface area contributed by atoms with Crippen molar-refractivity contribution < 1.29 is 18.0 Å². The third-order valence-electron chi connectivity index (χ3n) is 3.16. The number of hydrogen-bond donors (Lipinski definition) is 1. The Kier molecular flexibility index (Phi) is 3.84. The van der Waals surface area contributed by atoms with Crippen LogP contribution in [0.4, 0.5) is 8.78 Å². The van der Waals surface area contributed by atoms with Gasteiger partial charge in [-0.1, -0.05) is 5.16 Å². The Bertz CT molecular complexity index is 410. The molecule has 8 heteroatoms. The largest absolute Gasteiger partial charge is 0.381 e. The van der Waals surface area contributed by atoms with Crippen LogP contribution in [0.25, 0.3) is 0 Å². The minimum absolute atomic E-state index is 0. The molecule has 18 heavy (non-hydrogen) atoms. The normalized spacial score (nSPS) is 30.3. The van der Waals surface area contributed by atoms with E-state index < -0.39 is 12.0 Å². The Hall–Kier alpha value is -0.790. The van der Waals surface area contributed by atoms with E-state index in [2.05, 4.69) is 15.5 Å². The molecular weight excluding hydrogens is 268 g/mol. The third kappa shape index (κ3) is 2.62. The molecule has 2 saturated heterocycles. The summed E-state index contributed by atoms with van der Waals surface area (Å²) in [6.07, 6.45) is 0.572. The van der Waals surface area contributed by atoms with Crippen molar-refractivity contribution in [3.8, 4) is 0 Å². The molecule has 2 atom stereocenters. The number of hydrogen-bond acceptors (Lipinski definition) is 5. The Morgan fingerprint density at radius 1 is 1.39 bits per heavy atom. The number of alkyl halides is 2. The number of aromatic nitrogens is 2. The quantitative estimate of drug-likeness (QED) is 0.893. The molecule has 0 radical (unpaired) electrons. The van der Waals surface area contributed by atoms with E-state index in [0.29, 0.717) is 19.0 Å². The Morgan fingerprint density at radius 2 is 2.22 bits per heavy atom. The average molecular weight is 282 g/mol. The second-order valence-corrected chi connectivity index (χ2v) is 4.54. The number of ether oxygens (including phenoxy) is 1. The van der Waals surface area contributed by atoms with Crippen molar-refractivity contribution in [3.05, 3.63) is 11.7 Å². The molecule has 5 nitrogen and oxygen atoms in total. The first-order valence-electron chi connectivity index (χ1n) is 5.66. The molecule has 0 bridgehead atoms.